The third-order valence-electron chi connectivity index (χ3n) is 7.04. The van der Waals surface area contributed by atoms with E-state index in [2.05, 4.69) is 15.9 Å². The molecule has 0 radical (unpaired) electrons. The Morgan fingerprint density at radius 2 is 1.94 bits per heavy atom. The van der Waals surface area contributed by atoms with Gasteiger partial charge in [0.05, 0.1) is 11.5 Å². The largest absolute Gasteiger partial charge is 0.420 e. The molecule has 1 fully saturated rings. The Labute approximate surface area is 217 Å². The minimum Gasteiger partial charge on any atom is -0.420 e. The first-order chi connectivity index (χ1) is 17.2. The van der Waals surface area contributed by atoms with Crippen molar-refractivity contribution < 1.29 is 23.1 Å². The van der Waals surface area contributed by atoms with Gasteiger partial charge in [0.2, 0.25) is 11.2 Å². The predicted octanol–water partition coefficient (Wildman–Crippen LogP) is 5.12. The highest BCUT2D eigenvalue weighted by Gasteiger charge is 2.57. The number of esters is 1. The molecule has 0 amide bonds. The first kappa shape index (κ1) is 23.4. The van der Waals surface area contributed by atoms with E-state index in [-0.39, 0.29) is 28.5 Å². The van der Waals surface area contributed by atoms with E-state index in [0.29, 0.717) is 29.4 Å². The third-order valence-corrected chi connectivity index (χ3v) is 8.81. The number of benzene rings is 2. The van der Waals surface area contributed by atoms with Crippen LogP contribution < -0.4 is 15.2 Å². The van der Waals surface area contributed by atoms with Crippen LogP contribution in [0, 0.1) is 17.0 Å². The van der Waals surface area contributed by atoms with Crippen LogP contribution in [0.15, 0.2) is 56.8 Å². The molecule has 1 aliphatic carbocycles. The summed E-state index contributed by atoms with van der Waals surface area (Å²) in [5.74, 6) is -2.91. The van der Waals surface area contributed by atoms with Gasteiger partial charge in [0.25, 0.3) is 0 Å². The number of pyridine rings is 1. The Balaban J connectivity index is 1.66. The molecule has 3 aliphatic rings. The zero-order chi connectivity index (χ0) is 25.4. The quantitative estimate of drug-likeness (QED) is 0.313. The van der Waals surface area contributed by atoms with E-state index in [1.54, 1.807) is 4.68 Å². The lowest BCUT2D eigenvalue weighted by atomic mass is 9.89. The SMILES string of the molecule is CC(=O)Oc1c2n(ccc1=O)N([C@@H]1c3ccccc3SCc3c(F)c(F)cc(Br)c31)CC1(CC1)C2=O. The number of halogens is 3. The Morgan fingerprint density at radius 1 is 1.19 bits per heavy atom. The van der Waals surface area contributed by atoms with E-state index >= 15 is 4.39 Å². The van der Waals surface area contributed by atoms with Crippen molar-refractivity contribution in [2.45, 2.75) is 36.5 Å². The normalized spacial score (nSPS) is 19.3. The molecule has 1 aromatic heterocycles. The molecular formula is C26H19BrF2N2O4S. The molecule has 0 saturated heterocycles. The molecular weight excluding hydrogens is 554 g/mol. The summed E-state index contributed by atoms with van der Waals surface area (Å²) in [5.41, 5.74) is 0.317. The highest BCUT2D eigenvalue weighted by molar-refractivity contribution is 9.10. The first-order valence-electron chi connectivity index (χ1n) is 11.4. The number of ether oxygens (including phenoxy) is 1. The number of aromatic nitrogens is 1. The second-order valence-electron chi connectivity index (χ2n) is 9.28. The number of rotatable bonds is 2. The van der Waals surface area contributed by atoms with Crippen LogP contribution in [0.1, 0.15) is 53.0 Å². The number of Topliss-reactive ketones (excluding diaryl/α,β-unsaturated/α-hetero) is 1. The summed E-state index contributed by atoms with van der Waals surface area (Å²) < 4.78 is 36.9. The Kier molecular flexibility index (Phi) is 5.38. The summed E-state index contributed by atoms with van der Waals surface area (Å²) in [6, 6.07) is 9.37. The van der Waals surface area contributed by atoms with Crippen molar-refractivity contribution in [3.8, 4) is 5.75 Å². The van der Waals surface area contributed by atoms with Crippen molar-refractivity contribution in [3.63, 3.8) is 0 Å². The van der Waals surface area contributed by atoms with Gasteiger partial charge in [-0.25, -0.2) is 8.78 Å². The van der Waals surface area contributed by atoms with Gasteiger partial charge in [-0.05, 0) is 30.5 Å². The van der Waals surface area contributed by atoms with Gasteiger partial charge in [0.1, 0.15) is 0 Å². The summed E-state index contributed by atoms with van der Waals surface area (Å²) in [7, 11) is 0. The second kappa shape index (κ2) is 8.27. The fourth-order valence-electron chi connectivity index (χ4n) is 5.18. The molecule has 1 atom stereocenters. The number of hydrogen-bond donors (Lipinski definition) is 0. The van der Waals surface area contributed by atoms with Crippen molar-refractivity contribution in [1.29, 1.82) is 0 Å². The molecule has 2 aromatic carbocycles. The van der Waals surface area contributed by atoms with Gasteiger partial charge in [-0.3, -0.25) is 24.1 Å². The minimum absolute atomic E-state index is 0.00362. The number of thioether (sulfide) groups is 1. The van der Waals surface area contributed by atoms with Gasteiger partial charge >= 0.3 is 5.97 Å². The number of ketones is 1. The van der Waals surface area contributed by atoms with Crippen LogP contribution in [0.4, 0.5) is 8.78 Å². The summed E-state index contributed by atoms with van der Waals surface area (Å²) >= 11 is 4.89. The lowest BCUT2D eigenvalue weighted by Gasteiger charge is -2.43. The average Bonchev–Trinajstić information content (AvgIpc) is 3.64. The lowest BCUT2D eigenvalue weighted by molar-refractivity contribution is -0.132. The van der Waals surface area contributed by atoms with E-state index in [0.717, 1.165) is 16.5 Å². The van der Waals surface area contributed by atoms with Crippen molar-refractivity contribution in [1.82, 2.24) is 4.68 Å². The number of fused-ring (bicyclic) bond motifs is 3. The van der Waals surface area contributed by atoms with E-state index in [9.17, 15) is 18.8 Å². The fourth-order valence-corrected chi connectivity index (χ4v) is 6.94. The topological polar surface area (TPSA) is 68.6 Å². The van der Waals surface area contributed by atoms with Crippen molar-refractivity contribution in [2.24, 2.45) is 5.41 Å². The minimum atomic E-state index is -0.945. The van der Waals surface area contributed by atoms with Gasteiger partial charge in [-0.1, -0.05) is 34.1 Å². The van der Waals surface area contributed by atoms with Crippen molar-refractivity contribution >= 4 is 39.4 Å². The van der Waals surface area contributed by atoms with Gasteiger partial charge in [0, 0.05) is 52.0 Å². The van der Waals surface area contributed by atoms with Crippen LogP contribution >= 0.6 is 27.7 Å². The molecule has 36 heavy (non-hydrogen) atoms. The molecule has 184 valence electrons. The summed E-state index contributed by atoms with van der Waals surface area (Å²) in [5, 5.41) is 1.90. The van der Waals surface area contributed by atoms with Crippen LogP contribution in [0.3, 0.4) is 0 Å². The highest BCUT2D eigenvalue weighted by atomic mass is 79.9. The van der Waals surface area contributed by atoms with Crippen molar-refractivity contribution in [2.75, 3.05) is 11.6 Å². The van der Waals surface area contributed by atoms with Gasteiger partial charge in [-0.15, -0.1) is 11.8 Å². The summed E-state index contributed by atoms with van der Waals surface area (Å²) in [6.07, 6.45) is 2.70. The van der Waals surface area contributed by atoms with Crippen LogP contribution in [-0.4, -0.2) is 23.0 Å². The maximum Gasteiger partial charge on any atom is 0.308 e. The number of carbonyl (C=O) groups is 2. The highest BCUT2D eigenvalue weighted by Crippen LogP contribution is 2.54. The smallest absolute Gasteiger partial charge is 0.308 e. The Morgan fingerprint density at radius 3 is 2.67 bits per heavy atom. The zero-order valence-corrected chi connectivity index (χ0v) is 21.4. The standard InChI is InChI=1S/C26H19BrF2N2O4S/c1-13(32)35-24-18(33)6-9-30-23(24)25(34)26(7-8-26)12-31(30)22-14-4-2-3-5-19(14)36-11-15-20(22)16(27)10-17(28)21(15)29/h2-6,9-10,22H,7-8,11-12H2,1H3/t22-/m1/s1. The summed E-state index contributed by atoms with van der Waals surface area (Å²) in [6.45, 7) is 1.47. The molecule has 10 heteroatoms. The first-order valence-corrected chi connectivity index (χ1v) is 13.1. The molecule has 6 rings (SSSR count). The molecule has 1 spiro atoms. The van der Waals surface area contributed by atoms with E-state index in [1.807, 2.05) is 29.3 Å². The Bertz CT molecular complexity index is 1540. The molecule has 1 saturated carbocycles. The molecule has 3 heterocycles. The fraction of sp³-hybridized carbons (Fsp3) is 0.269. The van der Waals surface area contributed by atoms with Crippen LogP contribution in [-0.2, 0) is 10.5 Å². The lowest BCUT2D eigenvalue weighted by Crippen LogP contribution is -2.52. The summed E-state index contributed by atoms with van der Waals surface area (Å²) in [4.78, 5) is 39.0. The molecule has 6 nitrogen and oxygen atoms in total. The second-order valence-corrected chi connectivity index (χ2v) is 11.1. The van der Waals surface area contributed by atoms with Crippen LogP contribution in [0.25, 0.3) is 0 Å². The molecule has 0 unspecified atom stereocenters. The van der Waals surface area contributed by atoms with Gasteiger partial charge in [-0.2, -0.15) is 0 Å². The monoisotopic (exact) mass is 572 g/mol. The molecule has 0 N–H and O–H groups in total. The zero-order valence-electron chi connectivity index (χ0n) is 19.0. The average molecular weight is 573 g/mol. The van der Waals surface area contributed by atoms with Crippen molar-refractivity contribution in [3.05, 3.63) is 91.3 Å². The molecule has 2 aliphatic heterocycles. The van der Waals surface area contributed by atoms with E-state index in [4.69, 9.17) is 4.74 Å². The third kappa shape index (κ3) is 3.45. The Hall–Kier alpha value is -2.98. The predicted molar refractivity (Wildman–Crippen MR) is 133 cm³/mol. The maximum absolute atomic E-state index is 15.2. The number of carbonyl (C=O) groups excluding carboxylic acids is 2. The van der Waals surface area contributed by atoms with Crippen LogP contribution in [0.5, 0.6) is 5.75 Å². The van der Waals surface area contributed by atoms with Crippen LogP contribution in [0.2, 0.25) is 0 Å². The molecule has 3 aromatic rings. The maximum atomic E-state index is 15.2. The van der Waals surface area contributed by atoms with E-state index < -0.39 is 34.5 Å². The molecule has 0 bridgehead atoms. The number of hydrogen-bond acceptors (Lipinski definition) is 6. The number of nitrogens with zero attached hydrogens (tertiary/aromatic N) is 2. The van der Waals surface area contributed by atoms with E-state index in [1.165, 1.54) is 30.9 Å². The van der Waals surface area contributed by atoms with Gasteiger partial charge in [0.15, 0.2) is 23.1 Å². The van der Waals surface area contributed by atoms with Gasteiger partial charge < -0.3 is 4.74 Å².